The van der Waals surface area contributed by atoms with Gasteiger partial charge >= 0.3 is 0 Å². The highest BCUT2D eigenvalue weighted by Crippen LogP contribution is 2.35. The third kappa shape index (κ3) is 3.49. The number of hydrogen-bond acceptors (Lipinski definition) is 4. The summed E-state index contributed by atoms with van der Waals surface area (Å²) in [5, 5.41) is 4.53. The van der Waals surface area contributed by atoms with Crippen molar-refractivity contribution < 1.29 is 13.9 Å². The molecule has 136 valence electrons. The van der Waals surface area contributed by atoms with Crippen LogP contribution in [0.5, 0.6) is 0 Å². The number of rotatable bonds is 4. The highest BCUT2D eigenvalue weighted by molar-refractivity contribution is 5.96. The van der Waals surface area contributed by atoms with Crippen molar-refractivity contribution in [2.45, 2.75) is 51.7 Å². The Labute approximate surface area is 148 Å². The number of amides is 1. The molecule has 1 amide bonds. The van der Waals surface area contributed by atoms with Crippen LogP contribution in [-0.4, -0.2) is 34.2 Å². The minimum absolute atomic E-state index is 0.0221. The van der Waals surface area contributed by atoms with Gasteiger partial charge in [0.2, 0.25) is 0 Å². The number of carbonyl (C=O) groups excluding carboxylic acids is 1. The number of nitrogens with zero attached hydrogens (tertiary/aromatic N) is 3. The van der Waals surface area contributed by atoms with Crippen LogP contribution in [0.4, 0.5) is 0 Å². The number of hydrogen-bond donors (Lipinski definition) is 0. The van der Waals surface area contributed by atoms with Crippen LogP contribution in [0.1, 0.15) is 67.2 Å². The molecule has 2 aromatic heterocycles. The Morgan fingerprint density at radius 1 is 1.40 bits per heavy atom. The fraction of sp³-hybridized carbons (Fsp3) is 0.579. The molecule has 0 aromatic carbocycles. The molecule has 1 fully saturated rings. The van der Waals surface area contributed by atoms with E-state index in [0.717, 1.165) is 36.6 Å². The van der Waals surface area contributed by atoms with Crippen LogP contribution >= 0.6 is 0 Å². The highest BCUT2D eigenvalue weighted by Gasteiger charge is 2.36. The maximum Gasteiger partial charge on any atom is 0.257 e. The van der Waals surface area contributed by atoms with Crippen LogP contribution in [-0.2, 0) is 23.8 Å². The molecule has 0 saturated carbocycles. The van der Waals surface area contributed by atoms with Gasteiger partial charge in [-0.05, 0) is 25.0 Å². The third-order valence-corrected chi connectivity index (χ3v) is 4.58. The first-order valence-corrected chi connectivity index (χ1v) is 8.74. The van der Waals surface area contributed by atoms with Crippen molar-refractivity contribution in [3.63, 3.8) is 0 Å². The van der Waals surface area contributed by atoms with Crippen molar-refractivity contribution in [1.82, 2.24) is 14.7 Å². The zero-order valence-corrected chi connectivity index (χ0v) is 15.7. The molecule has 0 spiro atoms. The van der Waals surface area contributed by atoms with E-state index >= 15 is 0 Å². The van der Waals surface area contributed by atoms with Crippen molar-refractivity contribution in [2.75, 3.05) is 13.7 Å². The Morgan fingerprint density at radius 3 is 2.84 bits per heavy atom. The summed E-state index contributed by atoms with van der Waals surface area (Å²) in [6.45, 7) is 7.42. The predicted molar refractivity (Wildman–Crippen MR) is 94.3 cm³/mol. The van der Waals surface area contributed by atoms with Gasteiger partial charge in [0.15, 0.2) is 0 Å². The largest absolute Gasteiger partial charge is 0.461 e. The molecule has 0 N–H and O–H groups in total. The second-order valence-electron chi connectivity index (χ2n) is 7.71. The van der Waals surface area contributed by atoms with Gasteiger partial charge in [0.1, 0.15) is 18.1 Å². The number of ether oxygens (including phenoxy) is 1. The number of aryl methyl sites for hydroxylation is 1. The minimum atomic E-state index is -0.183. The predicted octanol–water partition coefficient (Wildman–Crippen LogP) is 3.43. The SMILES string of the molecule is COCc1ccc(C2CCCN2C(=O)c2cn(C)nc2C(C)(C)C)o1. The topological polar surface area (TPSA) is 60.5 Å². The van der Waals surface area contributed by atoms with Gasteiger partial charge in [0.25, 0.3) is 5.91 Å². The molecular weight excluding hydrogens is 318 g/mol. The molecule has 3 rings (SSSR count). The van der Waals surface area contributed by atoms with Crippen molar-refractivity contribution in [1.29, 1.82) is 0 Å². The Hall–Kier alpha value is -2.08. The average molecular weight is 345 g/mol. The lowest BCUT2D eigenvalue weighted by Gasteiger charge is -2.25. The Balaban J connectivity index is 1.88. The molecule has 1 atom stereocenters. The third-order valence-electron chi connectivity index (χ3n) is 4.58. The van der Waals surface area contributed by atoms with E-state index in [1.807, 2.05) is 30.3 Å². The fourth-order valence-corrected chi connectivity index (χ4v) is 3.45. The van der Waals surface area contributed by atoms with E-state index in [1.54, 1.807) is 11.8 Å². The van der Waals surface area contributed by atoms with E-state index in [9.17, 15) is 4.79 Å². The zero-order valence-electron chi connectivity index (χ0n) is 15.7. The van der Waals surface area contributed by atoms with Crippen LogP contribution in [0.3, 0.4) is 0 Å². The average Bonchev–Trinajstić information content (AvgIpc) is 3.23. The van der Waals surface area contributed by atoms with Crippen LogP contribution in [0.15, 0.2) is 22.7 Å². The monoisotopic (exact) mass is 345 g/mol. The van der Waals surface area contributed by atoms with Gasteiger partial charge in [-0.1, -0.05) is 20.8 Å². The molecule has 1 saturated heterocycles. The summed E-state index contributed by atoms with van der Waals surface area (Å²) in [7, 11) is 3.50. The molecule has 1 unspecified atom stereocenters. The molecule has 0 bridgehead atoms. The Morgan fingerprint density at radius 2 is 2.16 bits per heavy atom. The second-order valence-corrected chi connectivity index (χ2v) is 7.71. The highest BCUT2D eigenvalue weighted by atomic mass is 16.5. The standard InChI is InChI=1S/C19H27N3O3/c1-19(2,3)17-14(11-21(4)20-17)18(23)22-10-6-7-15(22)16-9-8-13(25-16)12-24-5/h8-9,11,15H,6-7,10,12H2,1-5H3. The summed E-state index contributed by atoms with van der Waals surface area (Å²) in [5.74, 6) is 1.65. The summed E-state index contributed by atoms with van der Waals surface area (Å²) in [6.07, 6.45) is 3.72. The number of furan rings is 1. The first-order valence-electron chi connectivity index (χ1n) is 8.74. The van der Waals surface area contributed by atoms with E-state index in [4.69, 9.17) is 9.15 Å². The van der Waals surface area contributed by atoms with Gasteiger partial charge in [0, 0.05) is 32.3 Å². The summed E-state index contributed by atoms with van der Waals surface area (Å²) >= 11 is 0. The van der Waals surface area contributed by atoms with Gasteiger partial charge in [-0.15, -0.1) is 0 Å². The lowest BCUT2D eigenvalue weighted by molar-refractivity contribution is 0.0713. The normalized spacial score (nSPS) is 18.1. The molecule has 3 heterocycles. The molecule has 6 heteroatoms. The van der Waals surface area contributed by atoms with E-state index in [-0.39, 0.29) is 17.4 Å². The smallest absolute Gasteiger partial charge is 0.257 e. The Kier molecular flexibility index (Phi) is 4.73. The van der Waals surface area contributed by atoms with Crippen LogP contribution in [0, 0.1) is 0 Å². The van der Waals surface area contributed by atoms with Gasteiger partial charge in [0.05, 0.1) is 17.3 Å². The number of methoxy groups -OCH3 is 1. The Bertz CT molecular complexity index is 754. The number of carbonyl (C=O) groups is 1. The van der Waals surface area contributed by atoms with Crippen molar-refractivity contribution >= 4 is 5.91 Å². The fourth-order valence-electron chi connectivity index (χ4n) is 3.45. The van der Waals surface area contributed by atoms with Crippen LogP contribution in [0.2, 0.25) is 0 Å². The summed E-state index contributed by atoms with van der Waals surface area (Å²) in [5.41, 5.74) is 1.34. The van der Waals surface area contributed by atoms with Crippen molar-refractivity contribution in [3.05, 3.63) is 41.1 Å². The van der Waals surface area contributed by atoms with Gasteiger partial charge in [-0.3, -0.25) is 9.48 Å². The molecule has 0 radical (unpaired) electrons. The van der Waals surface area contributed by atoms with Gasteiger partial charge in [-0.25, -0.2) is 0 Å². The van der Waals surface area contributed by atoms with Gasteiger partial charge < -0.3 is 14.1 Å². The first-order chi connectivity index (χ1) is 11.8. The number of likely N-dealkylation sites (tertiary alicyclic amines) is 1. The number of aromatic nitrogens is 2. The van der Waals surface area contributed by atoms with Crippen molar-refractivity contribution in [2.24, 2.45) is 7.05 Å². The zero-order chi connectivity index (χ0) is 18.2. The van der Waals surface area contributed by atoms with E-state index in [0.29, 0.717) is 12.2 Å². The first kappa shape index (κ1) is 17.7. The molecule has 1 aliphatic heterocycles. The van der Waals surface area contributed by atoms with E-state index < -0.39 is 0 Å². The van der Waals surface area contributed by atoms with Crippen LogP contribution in [0.25, 0.3) is 0 Å². The molecule has 6 nitrogen and oxygen atoms in total. The lowest BCUT2D eigenvalue weighted by Crippen LogP contribution is -2.32. The summed E-state index contributed by atoms with van der Waals surface area (Å²) in [4.78, 5) is 15.2. The second kappa shape index (κ2) is 6.67. The van der Waals surface area contributed by atoms with Crippen LogP contribution < -0.4 is 0 Å². The molecular formula is C19H27N3O3. The molecule has 0 aliphatic carbocycles. The van der Waals surface area contributed by atoms with Crippen molar-refractivity contribution in [3.8, 4) is 0 Å². The van der Waals surface area contributed by atoms with E-state index in [2.05, 4.69) is 25.9 Å². The maximum atomic E-state index is 13.3. The molecule has 1 aliphatic rings. The summed E-state index contributed by atoms with van der Waals surface area (Å²) < 4.78 is 12.7. The van der Waals surface area contributed by atoms with E-state index in [1.165, 1.54) is 0 Å². The minimum Gasteiger partial charge on any atom is -0.461 e. The molecule has 25 heavy (non-hydrogen) atoms. The quantitative estimate of drug-likeness (QED) is 0.852. The van der Waals surface area contributed by atoms with Gasteiger partial charge in [-0.2, -0.15) is 5.10 Å². The maximum absolute atomic E-state index is 13.3. The molecule has 2 aromatic rings. The lowest BCUT2D eigenvalue weighted by atomic mass is 9.89. The summed E-state index contributed by atoms with van der Waals surface area (Å²) in [6, 6.07) is 3.86.